The number of hydrogen-bond acceptors (Lipinski definition) is 3. The van der Waals surface area contributed by atoms with Crippen molar-refractivity contribution in [2.75, 3.05) is 5.32 Å². The number of hydrogen-bond donors (Lipinski definition) is 3. The zero-order valence-electron chi connectivity index (χ0n) is 12.7. The van der Waals surface area contributed by atoms with Gasteiger partial charge in [0.15, 0.2) is 0 Å². The van der Waals surface area contributed by atoms with Crippen LogP contribution in [0.1, 0.15) is 33.3 Å². The molecule has 0 radical (unpaired) electrons. The van der Waals surface area contributed by atoms with E-state index in [1.54, 1.807) is 31.2 Å². The van der Waals surface area contributed by atoms with E-state index in [-0.39, 0.29) is 11.4 Å². The van der Waals surface area contributed by atoms with Crippen LogP contribution in [-0.2, 0) is 4.79 Å². The lowest BCUT2D eigenvalue weighted by molar-refractivity contribution is -0.123. The SMILES string of the molecule is C[C@H](NC(=O)Nc1cccc(C#N)c1)C(=O)NC(C)(C)C. The highest BCUT2D eigenvalue weighted by molar-refractivity contribution is 5.93. The van der Waals surface area contributed by atoms with Crippen LogP contribution < -0.4 is 16.0 Å². The summed E-state index contributed by atoms with van der Waals surface area (Å²) in [6.07, 6.45) is 0. The molecule has 0 bridgehead atoms. The highest BCUT2D eigenvalue weighted by atomic mass is 16.2. The monoisotopic (exact) mass is 288 g/mol. The van der Waals surface area contributed by atoms with Crippen molar-refractivity contribution >= 4 is 17.6 Å². The first kappa shape index (κ1) is 16.5. The first-order chi connectivity index (χ1) is 9.71. The molecule has 0 aliphatic heterocycles. The quantitative estimate of drug-likeness (QED) is 0.793. The number of nitrogens with one attached hydrogen (secondary N) is 3. The summed E-state index contributed by atoms with van der Waals surface area (Å²) in [6, 6.07) is 7.36. The van der Waals surface area contributed by atoms with Gasteiger partial charge in [-0.05, 0) is 45.9 Å². The number of nitrogens with zero attached hydrogens (tertiary/aromatic N) is 1. The van der Waals surface area contributed by atoms with Gasteiger partial charge in [0, 0.05) is 11.2 Å². The van der Waals surface area contributed by atoms with Gasteiger partial charge in [-0.2, -0.15) is 5.26 Å². The van der Waals surface area contributed by atoms with Crippen molar-refractivity contribution in [3.63, 3.8) is 0 Å². The van der Waals surface area contributed by atoms with E-state index in [4.69, 9.17) is 5.26 Å². The third-order valence-electron chi connectivity index (χ3n) is 2.49. The maximum absolute atomic E-state index is 11.9. The summed E-state index contributed by atoms with van der Waals surface area (Å²) in [7, 11) is 0. The van der Waals surface area contributed by atoms with E-state index >= 15 is 0 Å². The lowest BCUT2D eigenvalue weighted by Crippen LogP contribution is -2.51. The second-order valence-electron chi connectivity index (χ2n) is 5.75. The minimum atomic E-state index is -0.664. The van der Waals surface area contributed by atoms with E-state index in [2.05, 4.69) is 16.0 Å². The molecule has 112 valence electrons. The van der Waals surface area contributed by atoms with E-state index in [9.17, 15) is 9.59 Å². The molecule has 0 saturated heterocycles. The van der Waals surface area contributed by atoms with Crippen molar-refractivity contribution in [3.8, 4) is 6.07 Å². The van der Waals surface area contributed by atoms with Crippen LogP contribution in [0.4, 0.5) is 10.5 Å². The summed E-state index contributed by atoms with van der Waals surface area (Å²) in [5.41, 5.74) is 0.589. The number of amides is 3. The van der Waals surface area contributed by atoms with Crippen LogP contribution in [0.15, 0.2) is 24.3 Å². The predicted molar refractivity (Wildman–Crippen MR) is 80.7 cm³/mol. The fourth-order valence-corrected chi connectivity index (χ4v) is 1.57. The van der Waals surface area contributed by atoms with E-state index in [0.29, 0.717) is 11.3 Å². The molecule has 3 amide bonds. The number of benzene rings is 1. The molecule has 6 heteroatoms. The molecular formula is C15H20N4O2. The van der Waals surface area contributed by atoms with Gasteiger partial charge in [0.2, 0.25) is 5.91 Å². The van der Waals surface area contributed by atoms with Gasteiger partial charge >= 0.3 is 6.03 Å². The molecule has 1 rings (SSSR count). The maximum Gasteiger partial charge on any atom is 0.319 e. The molecular weight excluding hydrogens is 268 g/mol. The Morgan fingerprint density at radius 1 is 1.29 bits per heavy atom. The predicted octanol–water partition coefficient (Wildman–Crippen LogP) is 1.98. The van der Waals surface area contributed by atoms with Crippen molar-refractivity contribution in [2.45, 2.75) is 39.3 Å². The number of rotatable bonds is 3. The lowest BCUT2D eigenvalue weighted by Gasteiger charge is -2.23. The minimum Gasteiger partial charge on any atom is -0.350 e. The topological polar surface area (TPSA) is 94.0 Å². The van der Waals surface area contributed by atoms with Gasteiger partial charge in [-0.25, -0.2) is 4.79 Å². The minimum absolute atomic E-state index is 0.261. The van der Waals surface area contributed by atoms with Gasteiger partial charge in [0.1, 0.15) is 6.04 Å². The smallest absolute Gasteiger partial charge is 0.319 e. The Balaban J connectivity index is 2.57. The van der Waals surface area contributed by atoms with Crippen molar-refractivity contribution in [3.05, 3.63) is 29.8 Å². The highest BCUT2D eigenvalue weighted by Gasteiger charge is 2.20. The first-order valence-electron chi connectivity index (χ1n) is 6.61. The molecule has 1 aromatic carbocycles. The van der Waals surface area contributed by atoms with Crippen molar-refractivity contribution in [2.24, 2.45) is 0 Å². The van der Waals surface area contributed by atoms with E-state index < -0.39 is 12.1 Å². The summed E-state index contributed by atoms with van der Waals surface area (Å²) >= 11 is 0. The second kappa shape index (κ2) is 6.75. The molecule has 0 aliphatic rings. The van der Waals surface area contributed by atoms with Crippen LogP contribution in [0, 0.1) is 11.3 Å². The van der Waals surface area contributed by atoms with Crippen molar-refractivity contribution < 1.29 is 9.59 Å². The van der Waals surface area contributed by atoms with Crippen molar-refractivity contribution in [1.82, 2.24) is 10.6 Å². The summed E-state index contributed by atoms with van der Waals surface area (Å²) in [5.74, 6) is -0.261. The van der Waals surface area contributed by atoms with E-state index in [1.165, 1.54) is 0 Å². The van der Waals surface area contributed by atoms with Crippen LogP contribution in [0.3, 0.4) is 0 Å². The molecule has 0 heterocycles. The molecule has 6 nitrogen and oxygen atoms in total. The lowest BCUT2D eigenvalue weighted by atomic mass is 10.1. The van der Waals surface area contributed by atoms with Crippen LogP contribution in [0.2, 0.25) is 0 Å². The van der Waals surface area contributed by atoms with Crippen LogP contribution in [0.5, 0.6) is 0 Å². The van der Waals surface area contributed by atoms with Crippen LogP contribution in [0.25, 0.3) is 0 Å². The molecule has 0 unspecified atom stereocenters. The maximum atomic E-state index is 11.9. The Kier molecular flexibility index (Phi) is 5.30. The molecule has 1 aromatic rings. The van der Waals surface area contributed by atoms with Gasteiger partial charge < -0.3 is 16.0 Å². The Bertz CT molecular complexity index is 570. The highest BCUT2D eigenvalue weighted by Crippen LogP contribution is 2.09. The average Bonchev–Trinajstić information content (AvgIpc) is 2.36. The third-order valence-corrected chi connectivity index (χ3v) is 2.49. The largest absolute Gasteiger partial charge is 0.350 e. The normalized spacial score (nSPS) is 12.0. The fraction of sp³-hybridized carbons (Fsp3) is 0.400. The number of urea groups is 1. The fourth-order valence-electron chi connectivity index (χ4n) is 1.57. The van der Waals surface area contributed by atoms with Gasteiger partial charge in [-0.3, -0.25) is 4.79 Å². The Hall–Kier alpha value is -2.55. The third kappa shape index (κ3) is 5.95. The average molecular weight is 288 g/mol. The molecule has 0 spiro atoms. The number of carbonyl (C=O) groups excluding carboxylic acids is 2. The zero-order valence-corrected chi connectivity index (χ0v) is 12.7. The van der Waals surface area contributed by atoms with E-state index in [1.807, 2.05) is 26.8 Å². The molecule has 21 heavy (non-hydrogen) atoms. The van der Waals surface area contributed by atoms with Crippen LogP contribution >= 0.6 is 0 Å². The van der Waals surface area contributed by atoms with Gasteiger partial charge in [0.05, 0.1) is 11.6 Å². The standard InChI is InChI=1S/C15H20N4O2/c1-10(13(20)19-15(2,3)4)17-14(21)18-12-7-5-6-11(8-12)9-16/h5-8,10H,1-4H3,(H,19,20)(H2,17,18,21)/t10-/m0/s1. The summed E-state index contributed by atoms with van der Waals surface area (Å²) in [6.45, 7) is 7.20. The van der Waals surface area contributed by atoms with Crippen LogP contribution in [-0.4, -0.2) is 23.5 Å². The van der Waals surface area contributed by atoms with Gasteiger partial charge in [-0.1, -0.05) is 6.07 Å². The first-order valence-corrected chi connectivity index (χ1v) is 6.61. The Morgan fingerprint density at radius 2 is 1.95 bits per heavy atom. The summed E-state index contributed by atoms with van der Waals surface area (Å²) in [5, 5.41) is 16.7. The molecule has 0 aliphatic carbocycles. The molecule has 0 aromatic heterocycles. The number of carbonyl (C=O) groups is 2. The second-order valence-corrected chi connectivity index (χ2v) is 5.75. The van der Waals surface area contributed by atoms with Crippen molar-refractivity contribution in [1.29, 1.82) is 5.26 Å². The Labute approximate surface area is 124 Å². The molecule has 0 fully saturated rings. The number of anilines is 1. The molecule has 1 atom stereocenters. The summed E-state index contributed by atoms with van der Waals surface area (Å²) in [4.78, 5) is 23.7. The van der Waals surface area contributed by atoms with Gasteiger partial charge in [-0.15, -0.1) is 0 Å². The van der Waals surface area contributed by atoms with Gasteiger partial charge in [0.25, 0.3) is 0 Å². The number of nitriles is 1. The molecule has 3 N–H and O–H groups in total. The van der Waals surface area contributed by atoms with E-state index in [0.717, 1.165) is 0 Å². The summed E-state index contributed by atoms with van der Waals surface area (Å²) < 4.78 is 0. The molecule has 0 saturated carbocycles. The zero-order chi connectivity index (χ0) is 16.0. The Morgan fingerprint density at radius 3 is 2.52 bits per heavy atom.